The topological polar surface area (TPSA) is 84.7 Å². The maximum absolute atomic E-state index is 13.6. The molecule has 2 rings (SSSR count). The average Bonchev–Trinajstić information content (AvgIpc) is 2.72. The summed E-state index contributed by atoms with van der Waals surface area (Å²) in [5.74, 6) is -2.34. The molecule has 5 nitrogen and oxygen atoms in total. The van der Waals surface area contributed by atoms with Gasteiger partial charge in [0.15, 0.2) is 5.69 Å². The smallest absolute Gasteiger partial charge is 0.271 e. The van der Waals surface area contributed by atoms with Gasteiger partial charge in [-0.2, -0.15) is 15.4 Å². The van der Waals surface area contributed by atoms with Crippen LogP contribution in [-0.4, -0.2) is 21.3 Å². The van der Waals surface area contributed by atoms with E-state index in [4.69, 9.17) is 5.73 Å². The number of aryl methyl sites for hydroxylation is 1. The van der Waals surface area contributed by atoms with Crippen molar-refractivity contribution in [1.29, 1.82) is 0 Å². The maximum Gasteiger partial charge on any atom is 0.271 e. The fourth-order valence-corrected chi connectivity index (χ4v) is 1.43. The number of nitrogens with two attached hydrogens (primary N) is 1. The summed E-state index contributed by atoms with van der Waals surface area (Å²) < 4.78 is 26.6. The van der Waals surface area contributed by atoms with Crippen molar-refractivity contribution >= 4 is 5.91 Å². The molecule has 1 aromatic heterocycles. The molecule has 88 valence electrons. The number of hydrogen-bond donors (Lipinski definition) is 2. The van der Waals surface area contributed by atoms with Gasteiger partial charge in [-0.25, -0.2) is 8.78 Å². The Morgan fingerprint density at radius 3 is 2.65 bits per heavy atom. The third-order valence-corrected chi connectivity index (χ3v) is 2.28. The van der Waals surface area contributed by atoms with Gasteiger partial charge in [-0.3, -0.25) is 4.79 Å². The highest BCUT2D eigenvalue weighted by atomic mass is 19.1. The Balaban J connectivity index is 2.64. The van der Waals surface area contributed by atoms with Gasteiger partial charge in [0.25, 0.3) is 5.91 Å². The summed E-state index contributed by atoms with van der Waals surface area (Å²) in [6, 6.07) is 1.97. The quantitative estimate of drug-likeness (QED) is 0.823. The van der Waals surface area contributed by atoms with Gasteiger partial charge < -0.3 is 5.73 Å². The third kappa shape index (κ3) is 1.86. The van der Waals surface area contributed by atoms with E-state index < -0.39 is 17.5 Å². The molecule has 0 unspecified atom stereocenters. The lowest BCUT2D eigenvalue weighted by molar-refractivity contribution is 0.0996. The number of nitrogens with zero attached hydrogens (tertiary/aromatic N) is 2. The molecule has 0 aliphatic heterocycles. The number of carbonyl (C=O) groups excluding carboxylic acids is 1. The van der Waals surface area contributed by atoms with Crippen LogP contribution in [0.1, 0.15) is 16.1 Å². The number of rotatable bonds is 2. The third-order valence-electron chi connectivity index (χ3n) is 2.28. The molecule has 0 aliphatic carbocycles. The number of carbonyl (C=O) groups is 1. The molecule has 2 aromatic rings. The molecule has 17 heavy (non-hydrogen) atoms. The first-order valence-corrected chi connectivity index (χ1v) is 4.67. The lowest BCUT2D eigenvalue weighted by Gasteiger charge is -2.03. The van der Waals surface area contributed by atoms with Gasteiger partial charge in [0.2, 0.25) is 0 Å². The second kappa shape index (κ2) is 3.93. The number of aromatic amines is 1. The monoisotopic (exact) mass is 238 g/mol. The van der Waals surface area contributed by atoms with Crippen LogP contribution in [0.4, 0.5) is 8.78 Å². The van der Waals surface area contributed by atoms with Crippen molar-refractivity contribution in [1.82, 2.24) is 15.4 Å². The van der Waals surface area contributed by atoms with Crippen LogP contribution >= 0.6 is 0 Å². The van der Waals surface area contributed by atoms with Gasteiger partial charge in [-0.05, 0) is 18.6 Å². The zero-order valence-corrected chi connectivity index (χ0v) is 8.79. The fraction of sp³-hybridized carbons (Fsp3) is 0.100. The standard InChI is InChI=1S/C10H8F2N4O/c1-4-2-5(7(12)3-6(4)11)8-9(10(13)17)15-16-14-8/h2-3H,1H3,(H2,13,17)(H,14,15,16). The van der Waals surface area contributed by atoms with Gasteiger partial charge in [-0.1, -0.05) is 0 Å². The predicted molar refractivity (Wildman–Crippen MR) is 55.0 cm³/mol. The SMILES string of the molecule is Cc1cc(-c2n[nH]nc2C(N)=O)c(F)cc1F. The number of halogens is 2. The normalized spacial score (nSPS) is 10.5. The van der Waals surface area contributed by atoms with Gasteiger partial charge >= 0.3 is 0 Å². The zero-order valence-electron chi connectivity index (χ0n) is 8.79. The molecule has 0 aliphatic rings. The van der Waals surface area contributed by atoms with Crippen LogP contribution in [0.3, 0.4) is 0 Å². The zero-order chi connectivity index (χ0) is 12.6. The highest BCUT2D eigenvalue weighted by molar-refractivity contribution is 5.96. The molecular formula is C10H8F2N4O. The van der Waals surface area contributed by atoms with Crippen molar-refractivity contribution in [2.45, 2.75) is 6.92 Å². The van der Waals surface area contributed by atoms with Gasteiger partial charge in [0, 0.05) is 11.6 Å². The first-order chi connectivity index (χ1) is 8.00. The molecule has 1 aromatic carbocycles. The van der Waals surface area contributed by atoms with Crippen molar-refractivity contribution in [3.8, 4) is 11.3 Å². The first-order valence-electron chi connectivity index (χ1n) is 4.67. The Bertz CT molecular complexity index is 594. The molecule has 0 spiro atoms. The average molecular weight is 238 g/mol. The summed E-state index contributed by atoms with van der Waals surface area (Å²) >= 11 is 0. The molecule has 0 radical (unpaired) electrons. The minimum absolute atomic E-state index is 0.0218. The van der Waals surface area contributed by atoms with Crippen molar-refractivity contribution in [3.05, 3.63) is 35.0 Å². The number of aromatic nitrogens is 3. The van der Waals surface area contributed by atoms with Crippen LogP contribution in [0, 0.1) is 18.6 Å². The Kier molecular flexibility index (Phi) is 2.58. The van der Waals surface area contributed by atoms with Crippen molar-refractivity contribution in [2.24, 2.45) is 5.73 Å². The Morgan fingerprint density at radius 2 is 2.00 bits per heavy atom. The lowest BCUT2D eigenvalue weighted by atomic mass is 10.1. The summed E-state index contributed by atoms with van der Waals surface area (Å²) in [6.07, 6.45) is 0. The summed E-state index contributed by atoms with van der Waals surface area (Å²) in [4.78, 5) is 11.0. The summed E-state index contributed by atoms with van der Waals surface area (Å²) in [7, 11) is 0. The Morgan fingerprint density at radius 1 is 1.29 bits per heavy atom. The van der Waals surface area contributed by atoms with E-state index in [0.29, 0.717) is 0 Å². The van der Waals surface area contributed by atoms with Crippen molar-refractivity contribution in [2.75, 3.05) is 0 Å². The van der Waals surface area contributed by atoms with Crippen LogP contribution in [0.5, 0.6) is 0 Å². The minimum Gasteiger partial charge on any atom is -0.364 e. The molecule has 0 atom stereocenters. The molecule has 0 saturated heterocycles. The Labute approximate surface area is 94.6 Å². The van der Waals surface area contributed by atoms with E-state index in [9.17, 15) is 13.6 Å². The van der Waals surface area contributed by atoms with E-state index in [2.05, 4.69) is 15.4 Å². The van der Waals surface area contributed by atoms with Crippen molar-refractivity contribution in [3.63, 3.8) is 0 Å². The van der Waals surface area contributed by atoms with E-state index in [1.54, 1.807) is 0 Å². The van der Waals surface area contributed by atoms with E-state index in [1.165, 1.54) is 13.0 Å². The van der Waals surface area contributed by atoms with Crippen LogP contribution in [0.2, 0.25) is 0 Å². The van der Waals surface area contributed by atoms with E-state index in [1.807, 2.05) is 0 Å². The molecule has 0 saturated carbocycles. The van der Waals surface area contributed by atoms with E-state index in [0.717, 1.165) is 6.07 Å². The maximum atomic E-state index is 13.6. The second-order valence-corrected chi connectivity index (χ2v) is 3.47. The number of nitrogens with one attached hydrogen (secondary N) is 1. The highest BCUT2D eigenvalue weighted by Crippen LogP contribution is 2.25. The predicted octanol–water partition coefficient (Wildman–Crippen LogP) is 1.16. The van der Waals surface area contributed by atoms with Crippen LogP contribution in [0.15, 0.2) is 12.1 Å². The van der Waals surface area contributed by atoms with Gasteiger partial charge in [-0.15, -0.1) is 0 Å². The molecule has 1 heterocycles. The molecular weight excluding hydrogens is 230 g/mol. The summed E-state index contributed by atoms with van der Waals surface area (Å²) in [6.45, 7) is 1.47. The number of H-pyrrole nitrogens is 1. The van der Waals surface area contributed by atoms with Gasteiger partial charge in [0.1, 0.15) is 17.3 Å². The van der Waals surface area contributed by atoms with E-state index in [-0.39, 0.29) is 22.5 Å². The fourth-order valence-electron chi connectivity index (χ4n) is 1.43. The molecule has 0 bridgehead atoms. The highest BCUT2D eigenvalue weighted by Gasteiger charge is 2.19. The summed E-state index contributed by atoms with van der Waals surface area (Å²) in [5.41, 5.74) is 5.06. The van der Waals surface area contributed by atoms with Crippen molar-refractivity contribution < 1.29 is 13.6 Å². The van der Waals surface area contributed by atoms with Crippen LogP contribution in [-0.2, 0) is 0 Å². The lowest BCUT2D eigenvalue weighted by Crippen LogP contribution is -2.13. The van der Waals surface area contributed by atoms with E-state index >= 15 is 0 Å². The molecule has 3 N–H and O–H groups in total. The number of amides is 1. The first kappa shape index (κ1) is 11.2. The molecule has 1 amide bonds. The molecule has 0 fully saturated rings. The largest absolute Gasteiger partial charge is 0.364 e. The minimum atomic E-state index is -0.838. The van der Waals surface area contributed by atoms with Gasteiger partial charge in [0.05, 0.1) is 0 Å². The molecule has 7 heteroatoms. The Hall–Kier alpha value is -2.31. The van der Waals surface area contributed by atoms with Crippen LogP contribution in [0.25, 0.3) is 11.3 Å². The van der Waals surface area contributed by atoms with Crippen LogP contribution < -0.4 is 5.73 Å². The second-order valence-electron chi connectivity index (χ2n) is 3.47. The summed E-state index contributed by atoms with van der Waals surface area (Å²) in [5, 5.41) is 9.33. The number of hydrogen-bond acceptors (Lipinski definition) is 3. The number of benzene rings is 1. The number of primary amides is 1.